The van der Waals surface area contributed by atoms with Crippen LogP contribution in [0.4, 0.5) is 8.78 Å². The first-order valence-electron chi connectivity index (χ1n) is 8.76. The quantitative estimate of drug-likeness (QED) is 0.856. The summed E-state index contributed by atoms with van der Waals surface area (Å²) in [5, 5.41) is 3.05. The van der Waals surface area contributed by atoms with Gasteiger partial charge in [0, 0.05) is 38.6 Å². The number of hydrogen-bond acceptors (Lipinski definition) is 3. The topological polar surface area (TPSA) is 52.7 Å². The van der Waals surface area contributed by atoms with Crippen molar-refractivity contribution < 1.29 is 18.4 Å². The molecule has 0 aromatic heterocycles. The maximum absolute atomic E-state index is 13.7. The van der Waals surface area contributed by atoms with Crippen LogP contribution in [-0.2, 0) is 16.0 Å². The van der Waals surface area contributed by atoms with Crippen molar-refractivity contribution in [3.05, 3.63) is 35.4 Å². The van der Waals surface area contributed by atoms with Crippen molar-refractivity contribution in [2.75, 3.05) is 32.7 Å². The zero-order valence-electron chi connectivity index (χ0n) is 14.5. The first-order chi connectivity index (χ1) is 12.0. The van der Waals surface area contributed by atoms with Crippen LogP contribution in [0.1, 0.15) is 24.8 Å². The molecule has 1 aromatic rings. The summed E-state index contributed by atoms with van der Waals surface area (Å²) in [5.74, 6) is -0.987. The summed E-state index contributed by atoms with van der Waals surface area (Å²) in [6, 6.07) is 3.35. The van der Waals surface area contributed by atoms with Crippen LogP contribution < -0.4 is 5.32 Å². The molecule has 2 amide bonds. The minimum atomic E-state index is -0.501. The van der Waals surface area contributed by atoms with Gasteiger partial charge in [-0.25, -0.2) is 8.78 Å². The Morgan fingerprint density at radius 2 is 2.08 bits per heavy atom. The number of hydrogen-bond donors (Lipinski definition) is 1. The monoisotopic (exact) mass is 387 g/mol. The lowest BCUT2D eigenvalue weighted by atomic mass is 10.0. The summed E-state index contributed by atoms with van der Waals surface area (Å²) < 4.78 is 26.9. The molecule has 2 heterocycles. The molecule has 26 heavy (non-hydrogen) atoms. The Kier molecular flexibility index (Phi) is 7.34. The number of piperazine rings is 1. The van der Waals surface area contributed by atoms with Crippen LogP contribution in [0, 0.1) is 11.6 Å². The van der Waals surface area contributed by atoms with Gasteiger partial charge < -0.3 is 15.1 Å². The number of rotatable bonds is 4. The molecule has 0 saturated carbocycles. The van der Waals surface area contributed by atoms with E-state index in [4.69, 9.17) is 0 Å². The van der Waals surface area contributed by atoms with Gasteiger partial charge in [0.1, 0.15) is 11.6 Å². The predicted molar refractivity (Wildman–Crippen MR) is 96.1 cm³/mol. The minimum absolute atomic E-state index is 0. The van der Waals surface area contributed by atoms with Crippen LogP contribution in [0.5, 0.6) is 0 Å². The molecule has 1 aromatic carbocycles. The van der Waals surface area contributed by atoms with Gasteiger partial charge in [-0.05, 0) is 43.0 Å². The van der Waals surface area contributed by atoms with E-state index >= 15 is 0 Å². The van der Waals surface area contributed by atoms with E-state index in [1.54, 1.807) is 4.90 Å². The lowest BCUT2D eigenvalue weighted by Crippen LogP contribution is -2.57. The number of nitrogens with one attached hydrogen (secondary N) is 1. The van der Waals surface area contributed by atoms with E-state index in [9.17, 15) is 18.4 Å². The molecular formula is C18H24ClF2N3O2. The van der Waals surface area contributed by atoms with Crippen molar-refractivity contribution in [2.45, 2.75) is 31.7 Å². The standard InChI is InChI=1S/C18H23F2N3O2.ClH/c19-14-4-5-16(20)13(10-14)3-6-17(24)22-8-1-2-15(12-22)23-9-7-21-11-18(23)25;/h4-5,10,15,21H,1-3,6-9,11-12H2;1H. The summed E-state index contributed by atoms with van der Waals surface area (Å²) in [7, 11) is 0. The summed E-state index contributed by atoms with van der Waals surface area (Å²) in [4.78, 5) is 28.1. The van der Waals surface area contributed by atoms with Crippen LogP contribution in [0.15, 0.2) is 18.2 Å². The van der Waals surface area contributed by atoms with Crippen LogP contribution in [0.2, 0.25) is 0 Å². The molecule has 2 aliphatic rings. The number of carbonyl (C=O) groups excluding carboxylic acids is 2. The first-order valence-corrected chi connectivity index (χ1v) is 8.76. The van der Waals surface area contributed by atoms with Crippen LogP contribution in [-0.4, -0.2) is 60.4 Å². The number of piperidine rings is 1. The lowest BCUT2D eigenvalue weighted by Gasteiger charge is -2.41. The number of halogens is 3. The number of aryl methyl sites for hydroxylation is 1. The van der Waals surface area contributed by atoms with Crippen LogP contribution in [0.25, 0.3) is 0 Å². The lowest BCUT2D eigenvalue weighted by molar-refractivity contribution is -0.140. The average molecular weight is 388 g/mol. The van der Waals surface area contributed by atoms with Gasteiger partial charge in [0.05, 0.1) is 6.54 Å². The third kappa shape index (κ3) is 4.92. The van der Waals surface area contributed by atoms with E-state index in [1.165, 1.54) is 0 Å². The molecule has 3 rings (SSSR count). The highest BCUT2D eigenvalue weighted by Crippen LogP contribution is 2.19. The van der Waals surface area contributed by atoms with E-state index < -0.39 is 11.6 Å². The van der Waals surface area contributed by atoms with Crippen LogP contribution in [0.3, 0.4) is 0 Å². The fraction of sp³-hybridized carbons (Fsp3) is 0.556. The zero-order valence-corrected chi connectivity index (χ0v) is 15.4. The molecule has 2 aliphatic heterocycles. The van der Waals surface area contributed by atoms with Gasteiger partial charge in [-0.3, -0.25) is 9.59 Å². The molecule has 5 nitrogen and oxygen atoms in total. The van der Waals surface area contributed by atoms with Crippen LogP contribution >= 0.6 is 12.4 Å². The third-order valence-corrected chi connectivity index (χ3v) is 4.93. The smallest absolute Gasteiger partial charge is 0.236 e. The van der Waals surface area contributed by atoms with Gasteiger partial charge in [-0.15, -0.1) is 12.4 Å². The highest BCUT2D eigenvalue weighted by atomic mass is 35.5. The predicted octanol–water partition coefficient (Wildman–Crippen LogP) is 1.74. The second kappa shape index (κ2) is 9.28. The highest BCUT2D eigenvalue weighted by molar-refractivity contribution is 5.85. The minimum Gasteiger partial charge on any atom is -0.341 e. The Balaban J connectivity index is 0.00000243. The zero-order chi connectivity index (χ0) is 17.8. The molecule has 2 saturated heterocycles. The Morgan fingerprint density at radius 3 is 2.85 bits per heavy atom. The van der Waals surface area contributed by atoms with Gasteiger partial charge in [0.15, 0.2) is 0 Å². The Morgan fingerprint density at radius 1 is 1.27 bits per heavy atom. The molecule has 144 valence electrons. The van der Waals surface area contributed by atoms with Gasteiger partial charge in [0.25, 0.3) is 0 Å². The maximum Gasteiger partial charge on any atom is 0.236 e. The number of benzene rings is 1. The maximum atomic E-state index is 13.7. The fourth-order valence-electron chi connectivity index (χ4n) is 3.58. The number of amides is 2. The Hall–Kier alpha value is -1.73. The fourth-order valence-corrected chi connectivity index (χ4v) is 3.58. The normalized spacial score (nSPS) is 20.7. The van der Waals surface area contributed by atoms with Crippen molar-refractivity contribution in [2.24, 2.45) is 0 Å². The number of likely N-dealkylation sites (tertiary alicyclic amines) is 1. The molecule has 1 unspecified atom stereocenters. The van der Waals surface area contributed by atoms with E-state index in [1.807, 2.05) is 4.90 Å². The molecule has 1 N–H and O–H groups in total. The first kappa shape index (κ1) is 20.6. The van der Waals surface area contributed by atoms with Gasteiger partial charge in [-0.1, -0.05) is 0 Å². The summed E-state index contributed by atoms with van der Waals surface area (Å²) in [6.07, 6.45) is 2.06. The average Bonchev–Trinajstić information content (AvgIpc) is 2.62. The molecule has 1 atom stereocenters. The van der Waals surface area contributed by atoms with Crippen molar-refractivity contribution in [3.63, 3.8) is 0 Å². The largest absolute Gasteiger partial charge is 0.341 e. The van der Waals surface area contributed by atoms with Crippen molar-refractivity contribution in [1.29, 1.82) is 0 Å². The van der Waals surface area contributed by atoms with E-state index in [-0.39, 0.29) is 48.7 Å². The Bertz CT molecular complexity index is 659. The SMILES string of the molecule is Cl.O=C(CCc1cc(F)ccc1F)N1CCCC(N2CCNCC2=O)C1. The summed E-state index contributed by atoms with van der Waals surface area (Å²) >= 11 is 0. The second-order valence-corrected chi connectivity index (χ2v) is 6.64. The van der Waals surface area contributed by atoms with E-state index in [0.717, 1.165) is 37.6 Å². The highest BCUT2D eigenvalue weighted by Gasteiger charge is 2.31. The van der Waals surface area contributed by atoms with E-state index in [2.05, 4.69) is 5.32 Å². The van der Waals surface area contributed by atoms with Gasteiger partial charge in [-0.2, -0.15) is 0 Å². The van der Waals surface area contributed by atoms with Crippen molar-refractivity contribution in [3.8, 4) is 0 Å². The molecule has 8 heteroatoms. The summed E-state index contributed by atoms with van der Waals surface area (Å²) in [6.45, 7) is 2.97. The summed E-state index contributed by atoms with van der Waals surface area (Å²) in [5.41, 5.74) is 0.221. The van der Waals surface area contributed by atoms with E-state index in [0.29, 0.717) is 26.2 Å². The molecule has 0 aliphatic carbocycles. The molecule has 0 radical (unpaired) electrons. The van der Waals surface area contributed by atoms with Gasteiger partial charge >= 0.3 is 0 Å². The second-order valence-electron chi connectivity index (χ2n) is 6.64. The third-order valence-electron chi connectivity index (χ3n) is 4.93. The molecule has 0 bridgehead atoms. The van der Waals surface area contributed by atoms with Crippen molar-refractivity contribution >= 4 is 24.2 Å². The molecule has 2 fully saturated rings. The van der Waals surface area contributed by atoms with Crippen molar-refractivity contribution in [1.82, 2.24) is 15.1 Å². The molecular weight excluding hydrogens is 364 g/mol. The Labute approximate surface area is 158 Å². The number of nitrogens with zero attached hydrogens (tertiary/aromatic N) is 2. The molecule has 0 spiro atoms. The van der Waals surface area contributed by atoms with Gasteiger partial charge in [0.2, 0.25) is 11.8 Å². The number of carbonyl (C=O) groups is 2.